The lowest BCUT2D eigenvalue weighted by Crippen LogP contribution is -2.30. The Kier molecular flexibility index (Phi) is 7.36. The van der Waals surface area contributed by atoms with E-state index in [4.69, 9.17) is 0 Å². The first kappa shape index (κ1) is 24.4. The summed E-state index contributed by atoms with van der Waals surface area (Å²) in [5, 5.41) is 1.03. The third kappa shape index (κ3) is 5.75. The Morgan fingerprint density at radius 1 is 0.946 bits per heavy atom. The Morgan fingerprint density at radius 3 is 2.57 bits per heavy atom. The summed E-state index contributed by atoms with van der Waals surface area (Å²) >= 11 is 0. The van der Waals surface area contributed by atoms with Crippen molar-refractivity contribution in [3.63, 3.8) is 0 Å². The number of hydrogen-bond donors (Lipinski definition) is 1. The summed E-state index contributed by atoms with van der Waals surface area (Å²) < 4.78 is 1.62. The van der Waals surface area contributed by atoms with Crippen LogP contribution in [-0.2, 0) is 30.6 Å². The quantitative estimate of drug-likeness (QED) is 0.281. The maximum Gasteiger partial charge on any atom is 0.273 e. The first-order valence-electron chi connectivity index (χ1n) is 12.7. The zero-order chi connectivity index (χ0) is 25.6. The number of carbonyl (C=O) groups excluding carboxylic acids is 1. The molecule has 2 aromatic carbocycles. The minimum Gasteiger partial charge on any atom is -0.358 e. The van der Waals surface area contributed by atoms with E-state index in [-0.39, 0.29) is 17.9 Å². The molecule has 0 bridgehead atoms. The van der Waals surface area contributed by atoms with Gasteiger partial charge < -0.3 is 4.98 Å². The van der Waals surface area contributed by atoms with Crippen LogP contribution in [0.15, 0.2) is 90.1 Å². The standard InChI is InChI=1S/C31H30N4O2/c1-22-8-5-6-12-27(22)30-20-33-29(13-7-11-23-9-3-2-4-10-23)31(37)35(30)21-26(36)15-14-25-18-24-19-32-17-16-28(24)34-25/h2-6,8-10,12,16-20,34H,7,11,13-15,21H2,1H3. The fourth-order valence-corrected chi connectivity index (χ4v) is 4.73. The average molecular weight is 491 g/mol. The summed E-state index contributed by atoms with van der Waals surface area (Å²) in [7, 11) is 0. The highest BCUT2D eigenvalue weighted by atomic mass is 16.1. The zero-order valence-electron chi connectivity index (χ0n) is 21.0. The Labute approximate surface area is 216 Å². The maximum atomic E-state index is 13.6. The molecule has 0 saturated carbocycles. The zero-order valence-corrected chi connectivity index (χ0v) is 21.0. The van der Waals surface area contributed by atoms with E-state index in [0.29, 0.717) is 30.7 Å². The largest absolute Gasteiger partial charge is 0.358 e. The second-order valence-electron chi connectivity index (χ2n) is 9.43. The van der Waals surface area contributed by atoms with Gasteiger partial charge in [-0.15, -0.1) is 0 Å². The third-order valence-electron chi connectivity index (χ3n) is 6.75. The van der Waals surface area contributed by atoms with Gasteiger partial charge in [0.05, 0.1) is 18.4 Å². The smallest absolute Gasteiger partial charge is 0.273 e. The normalized spacial score (nSPS) is 11.2. The summed E-state index contributed by atoms with van der Waals surface area (Å²) in [6.07, 6.45) is 8.48. The van der Waals surface area contributed by atoms with Crippen LogP contribution in [-0.4, -0.2) is 25.3 Å². The highest BCUT2D eigenvalue weighted by molar-refractivity contribution is 5.81. The van der Waals surface area contributed by atoms with Gasteiger partial charge in [0, 0.05) is 41.0 Å². The number of rotatable bonds is 10. The van der Waals surface area contributed by atoms with E-state index >= 15 is 0 Å². The van der Waals surface area contributed by atoms with E-state index in [1.165, 1.54) is 5.56 Å². The molecule has 0 aliphatic heterocycles. The number of nitrogens with one attached hydrogen (secondary N) is 1. The van der Waals surface area contributed by atoms with Crippen molar-refractivity contribution in [1.82, 2.24) is 19.5 Å². The number of nitrogens with zero attached hydrogens (tertiary/aromatic N) is 3. The number of hydrogen-bond acceptors (Lipinski definition) is 4. The van der Waals surface area contributed by atoms with E-state index in [1.54, 1.807) is 17.0 Å². The molecular weight excluding hydrogens is 460 g/mol. The molecule has 0 aliphatic rings. The molecule has 0 saturated heterocycles. The van der Waals surface area contributed by atoms with Gasteiger partial charge >= 0.3 is 0 Å². The molecule has 6 nitrogen and oxygen atoms in total. The fourth-order valence-electron chi connectivity index (χ4n) is 4.73. The number of carbonyl (C=O) groups is 1. The number of aromatic amines is 1. The molecule has 0 aliphatic carbocycles. The lowest BCUT2D eigenvalue weighted by Gasteiger charge is -2.15. The minimum absolute atomic E-state index is 0.00940. The van der Waals surface area contributed by atoms with Crippen LogP contribution in [0.2, 0.25) is 0 Å². The van der Waals surface area contributed by atoms with Gasteiger partial charge in [-0.1, -0.05) is 54.6 Å². The van der Waals surface area contributed by atoms with Gasteiger partial charge in [0.25, 0.3) is 5.56 Å². The first-order chi connectivity index (χ1) is 18.1. The van der Waals surface area contributed by atoms with Crippen LogP contribution in [0.4, 0.5) is 0 Å². The van der Waals surface area contributed by atoms with Gasteiger partial charge in [-0.05, 0) is 55.9 Å². The molecule has 3 aromatic heterocycles. The van der Waals surface area contributed by atoms with Crippen molar-refractivity contribution in [3.8, 4) is 11.3 Å². The predicted molar refractivity (Wildman–Crippen MR) is 147 cm³/mol. The van der Waals surface area contributed by atoms with E-state index in [9.17, 15) is 9.59 Å². The SMILES string of the molecule is Cc1ccccc1-c1cnc(CCCc2ccccc2)c(=O)n1CC(=O)CCc1cc2cnccc2[nH]1. The molecule has 0 spiro atoms. The van der Waals surface area contributed by atoms with Gasteiger partial charge in [-0.25, -0.2) is 0 Å². The Morgan fingerprint density at radius 2 is 1.76 bits per heavy atom. The van der Waals surface area contributed by atoms with Crippen LogP contribution >= 0.6 is 0 Å². The average Bonchev–Trinajstić information content (AvgIpc) is 3.34. The molecule has 0 unspecified atom stereocenters. The van der Waals surface area contributed by atoms with Crippen LogP contribution in [0.5, 0.6) is 0 Å². The van der Waals surface area contributed by atoms with Crippen LogP contribution in [0.3, 0.4) is 0 Å². The molecular formula is C31H30N4O2. The number of aromatic nitrogens is 4. The molecule has 5 rings (SSSR count). The summed E-state index contributed by atoms with van der Waals surface area (Å²) in [6.45, 7) is 2.03. The van der Waals surface area contributed by atoms with Gasteiger partial charge in [-0.3, -0.25) is 24.1 Å². The van der Waals surface area contributed by atoms with Gasteiger partial charge in [0.15, 0.2) is 5.78 Å². The number of benzene rings is 2. The van der Waals surface area contributed by atoms with Crippen molar-refractivity contribution in [2.75, 3.05) is 0 Å². The topological polar surface area (TPSA) is 80.6 Å². The highest BCUT2D eigenvalue weighted by Crippen LogP contribution is 2.22. The first-order valence-corrected chi connectivity index (χ1v) is 12.7. The molecule has 5 aromatic rings. The number of pyridine rings is 1. The minimum atomic E-state index is -0.182. The fraction of sp³-hybridized carbons (Fsp3) is 0.226. The predicted octanol–water partition coefficient (Wildman–Crippen LogP) is 5.47. The van der Waals surface area contributed by atoms with Crippen molar-refractivity contribution in [2.45, 2.75) is 45.6 Å². The Hall–Kier alpha value is -4.32. The molecule has 6 heteroatoms. The molecule has 0 atom stereocenters. The Balaban J connectivity index is 1.36. The van der Waals surface area contributed by atoms with Crippen molar-refractivity contribution >= 4 is 16.7 Å². The molecule has 0 fully saturated rings. The van der Waals surface area contributed by atoms with Gasteiger partial charge in [0.1, 0.15) is 5.69 Å². The number of ketones is 1. The van der Waals surface area contributed by atoms with Crippen molar-refractivity contribution in [2.24, 2.45) is 0 Å². The number of Topliss-reactive ketones (excluding diaryl/α,β-unsaturated/α-hetero) is 1. The summed E-state index contributed by atoms with van der Waals surface area (Å²) in [5.74, 6) is 0.00940. The maximum absolute atomic E-state index is 13.6. The highest BCUT2D eigenvalue weighted by Gasteiger charge is 2.16. The van der Waals surface area contributed by atoms with Crippen LogP contribution in [0.1, 0.15) is 35.4 Å². The van der Waals surface area contributed by atoms with Crippen molar-refractivity contribution < 1.29 is 4.79 Å². The lowest BCUT2D eigenvalue weighted by atomic mass is 10.0. The van der Waals surface area contributed by atoms with E-state index in [2.05, 4.69) is 27.1 Å². The summed E-state index contributed by atoms with van der Waals surface area (Å²) in [4.78, 5) is 38.8. The molecule has 186 valence electrons. The van der Waals surface area contributed by atoms with Crippen LogP contribution in [0, 0.1) is 6.92 Å². The monoisotopic (exact) mass is 490 g/mol. The molecule has 0 radical (unpaired) electrons. The molecule has 0 amide bonds. The third-order valence-corrected chi connectivity index (χ3v) is 6.75. The number of aryl methyl sites for hydroxylation is 4. The number of H-pyrrole nitrogens is 1. The van der Waals surface area contributed by atoms with Crippen molar-refractivity contribution in [3.05, 3.63) is 118 Å². The summed E-state index contributed by atoms with van der Waals surface area (Å²) in [6, 6.07) is 22.1. The molecule has 1 N–H and O–H groups in total. The molecule has 3 heterocycles. The van der Waals surface area contributed by atoms with Crippen LogP contribution < -0.4 is 5.56 Å². The second-order valence-corrected chi connectivity index (χ2v) is 9.43. The van der Waals surface area contributed by atoms with E-state index in [1.807, 2.05) is 67.7 Å². The van der Waals surface area contributed by atoms with Gasteiger partial charge in [0.2, 0.25) is 0 Å². The summed E-state index contributed by atoms with van der Waals surface area (Å²) in [5.41, 5.74) is 6.18. The lowest BCUT2D eigenvalue weighted by molar-refractivity contribution is -0.119. The Bertz CT molecular complexity index is 1550. The van der Waals surface area contributed by atoms with Crippen LogP contribution in [0.25, 0.3) is 22.2 Å². The number of fused-ring (bicyclic) bond motifs is 1. The van der Waals surface area contributed by atoms with Gasteiger partial charge in [-0.2, -0.15) is 0 Å². The van der Waals surface area contributed by atoms with Crippen molar-refractivity contribution in [1.29, 1.82) is 0 Å². The van der Waals surface area contributed by atoms with E-state index < -0.39 is 0 Å². The molecule has 37 heavy (non-hydrogen) atoms. The second kappa shape index (κ2) is 11.2. The van der Waals surface area contributed by atoms with E-state index in [0.717, 1.165) is 40.6 Å².